The Kier molecular flexibility index (Phi) is 8.52. The molecule has 4 rings (SSSR count). The molecule has 3 aromatic rings. The second kappa shape index (κ2) is 12.0. The highest BCUT2D eigenvalue weighted by Gasteiger charge is 2.20. The lowest BCUT2D eigenvalue weighted by atomic mass is 9.93. The predicted octanol–water partition coefficient (Wildman–Crippen LogP) is 3.51. The zero-order valence-electron chi connectivity index (χ0n) is 21.5. The summed E-state index contributed by atoms with van der Waals surface area (Å²) in [5.41, 5.74) is 1.46. The van der Waals surface area contributed by atoms with E-state index < -0.39 is 0 Å². The van der Waals surface area contributed by atoms with Crippen molar-refractivity contribution < 1.29 is 23.6 Å². The molecular formula is C27H33N5O5. The SMILES string of the molecule is CC(C)(C)c1cc(NC(=O)Cc2ccc(NC(=O)c3cc(OCCN4CCOCC4)ccn3)cc2)no1. The molecule has 1 aromatic carbocycles. The molecule has 1 saturated heterocycles. The van der Waals surface area contributed by atoms with Crippen LogP contribution in [0.4, 0.5) is 11.5 Å². The maximum atomic E-state index is 12.7. The van der Waals surface area contributed by atoms with Crippen LogP contribution in [0.15, 0.2) is 53.2 Å². The van der Waals surface area contributed by atoms with E-state index in [4.69, 9.17) is 14.0 Å². The van der Waals surface area contributed by atoms with Crippen LogP contribution in [0.5, 0.6) is 5.75 Å². The number of carbonyl (C=O) groups is 2. The molecule has 2 N–H and O–H groups in total. The number of hydrogen-bond acceptors (Lipinski definition) is 8. The Morgan fingerprint density at radius 2 is 1.81 bits per heavy atom. The van der Waals surface area contributed by atoms with E-state index in [0.717, 1.165) is 38.4 Å². The Bertz CT molecular complexity index is 1200. The number of nitrogens with zero attached hydrogens (tertiary/aromatic N) is 3. The molecule has 0 bridgehead atoms. The molecular weight excluding hydrogens is 474 g/mol. The molecule has 1 fully saturated rings. The number of morpholine rings is 1. The van der Waals surface area contributed by atoms with E-state index in [9.17, 15) is 9.59 Å². The smallest absolute Gasteiger partial charge is 0.274 e. The molecule has 10 nitrogen and oxygen atoms in total. The summed E-state index contributed by atoms with van der Waals surface area (Å²) < 4.78 is 16.5. The van der Waals surface area contributed by atoms with Gasteiger partial charge in [0.1, 0.15) is 23.8 Å². The average Bonchev–Trinajstić information content (AvgIpc) is 3.35. The van der Waals surface area contributed by atoms with Crippen LogP contribution in [0.3, 0.4) is 0 Å². The van der Waals surface area contributed by atoms with Crippen molar-refractivity contribution in [2.45, 2.75) is 32.6 Å². The Labute approximate surface area is 216 Å². The molecule has 37 heavy (non-hydrogen) atoms. The second-order valence-corrected chi connectivity index (χ2v) is 9.88. The minimum absolute atomic E-state index is 0.164. The van der Waals surface area contributed by atoms with Gasteiger partial charge in [-0.05, 0) is 23.8 Å². The van der Waals surface area contributed by atoms with Gasteiger partial charge in [-0.25, -0.2) is 0 Å². The number of rotatable bonds is 9. The second-order valence-electron chi connectivity index (χ2n) is 9.88. The molecule has 2 amide bonds. The number of amides is 2. The van der Waals surface area contributed by atoms with Crippen LogP contribution >= 0.6 is 0 Å². The van der Waals surface area contributed by atoms with Crippen molar-refractivity contribution in [3.05, 3.63) is 65.7 Å². The van der Waals surface area contributed by atoms with Crippen molar-refractivity contribution in [1.29, 1.82) is 0 Å². The molecule has 1 aliphatic heterocycles. The van der Waals surface area contributed by atoms with Crippen molar-refractivity contribution in [1.82, 2.24) is 15.0 Å². The number of carbonyl (C=O) groups excluding carboxylic acids is 2. The lowest BCUT2D eigenvalue weighted by Gasteiger charge is -2.26. The van der Waals surface area contributed by atoms with Gasteiger partial charge in [0.2, 0.25) is 5.91 Å². The highest BCUT2D eigenvalue weighted by Crippen LogP contribution is 2.24. The first-order valence-electron chi connectivity index (χ1n) is 12.3. The van der Waals surface area contributed by atoms with Crippen LogP contribution in [0.1, 0.15) is 42.6 Å². The molecule has 10 heteroatoms. The summed E-state index contributed by atoms with van der Waals surface area (Å²) in [6, 6.07) is 12.2. The standard InChI is InChI=1S/C27H33N5O5/c1-27(2,3)23-18-24(31-37-23)30-25(33)16-19-4-6-20(7-5-19)29-26(34)22-17-21(8-9-28-22)36-15-12-32-10-13-35-14-11-32/h4-9,17-18H,10-16H2,1-3H3,(H,29,34)(H,30,31,33). The fourth-order valence-corrected chi connectivity index (χ4v) is 3.70. The van der Waals surface area contributed by atoms with E-state index >= 15 is 0 Å². The van der Waals surface area contributed by atoms with Crippen molar-refractivity contribution in [2.24, 2.45) is 0 Å². The van der Waals surface area contributed by atoms with Gasteiger partial charge in [-0.15, -0.1) is 0 Å². The topological polar surface area (TPSA) is 119 Å². The van der Waals surface area contributed by atoms with E-state index in [2.05, 4.69) is 25.7 Å². The van der Waals surface area contributed by atoms with E-state index in [1.165, 1.54) is 0 Å². The van der Waals surface area contributed by atoms with Gasteiger partial charge in [0.05, 0.1) is 19.6 Å². The van der Waals surface area contributed by atoms with Crippen LogP contribution < -0.4 is 15.4 Å². The first kappa shape index (κ1) is 26.3. The molecule has 0 saturated carbocycles. The summed E-state index contributed by atoms with van der Waals surface area (Å²) in [5.74, 6) is 1.13. The minimum atomic E-state index is -0.343. The van der Waals surface area contributed by atoms with Crippen LogP contribution in [-0.2, 0) is 21.4 Å². The van der Waals surface area contributed by atoms with Gasteiger partial charge < -0.3 is 24.6 Å². The summed E-state index contributed by atoms with van der Waals surface area (Å²) in [4.78, 5) is 31.5. The monoisotopic (exact) mass is 507 g/mol. The Hall–Kier alpha value is -3.76. The number of benzene rings is 1. The first-order chi connectivity index (χ1) is 17.8. The number of aromatic nitrogens is 2. The first-order valence-corrected chi connectivity index (χ1v) is 12.3. The summed E-state index contributed by atoms with van der Waals surface area (Å²) >= 11 is 0. The van der Waals surface area contributed by atoms with Gasteiger partial charge in [0, 0.05) is 49.1 Å². The van der Waals surface area contributed by atoms with E-state index in [1.54, 1.807) is 48.7 Å². The van der Waals surface area contributed by atoms with Crippen LogP contribution in [0, 0.1) is 0 Å². The van der Waals surface area contributed by atoms with E-state index in [-0.39, 0.29) is 29.3 Å². The van der Waals surface area contributed by atoms with Crippen molar-refractivity contribution in [3.8, 4) is 5.75 Å². The van der Waals surface area contributed by atoms with Gasteiger partial charge >= 0.3 is 0 Å². The van der Waals surface area contributed by atoms with E-state index in [1.807, 2.05) is 20.8 Å². The van der Waals surface area contributed by atoms with Crippen molar-refractivity contribution >= 4 is 23.3 Å². The highest BCUT2D eigenvalue weighted by atomic mass is 16.5. The Balaban J connectivity index is 1.25. The van der Waals surface area contributed by atoms with Crippen LogP contribution in [-0.4, -0.2) is 66.3 Å². The molecule has 2 aromatic heterocycles. The van der Waals surface area contributed by atoms with Gasteiger partial charge in [-0.3, -0.25) is 19.5 Å². The van der Waals surface area contributed by atoms with Crippen LogP contribution in [0.25, 0.3) is 0 Å². The fraction of sp³-hybridized carbons (Fsp3) is 0.407. The molecule has 1 aliphatic rings. The van der Waals surface area contributed by atoms with E-state index in [0.29, 0.717) is 29.6 Å². The third kappa shape index (κ3) is 7.86. The molecule has 0 spiro atoms. The van der Waals surface area contributed by atoms with Gasteiger partial charge in [-0.2, -0.15) is 0 Å². The highest BCUT2D eigenvalue weighted by molar-refractivity contribution is 6.03. The number of anilines is 2. The third-order valence-electron chi connectivity index (χ3n) is 5.84. The predicted molar refractivity (Wildman–Crippen MR) is 139 cm³/mol. The maximum Gasteiger partial charge on any atom is 0.274 e. The summed E-state index contributed by atoms with van der Waals surface area (Å²) in [6.45, 7) is 10.6. The minimum Gasteiger partial charge on any atom is -0.492 e. The molecule has 0 radical (unpaired) electrons. The molecule has 196 valence electrons. The lowest BCUT2D eigenvalue weighted by Crippen LogP contribution is -2.38. The van der Waals surface area contributed by atoms with Gasteiger partial charge in [-0.1, -0.05) is 38.1 Å². The Morgan fingerprint density at radius 3 is 2.51 bits per heavy atom. The average molecular weight is 508 g/mol. The molecule has 0 atom stereocenters. The number of pyridine rings is 1. The zero-order chi connectivity index (χ0) is 26.3. The van der Waals surface area contributed by atoms with Crippen molar-refractivity contribution in [2.75, 3.05) is 50.1 Å². The summed E-state index contributed by atoms with van der Waals surface area (Å²) in [6.07, 6.45) is 1.72. The maximum absolute atomic E-state index is 12.7. The number of ether oxygens (including phenoxy) is 2. The largest absolute Gasteiger partial charge is 0.492 e. The third-order valence-corrected chi connectivity index (χ3v) is 5.84. The molecule has 3 heterocycles. The number of hydrogen-bond donors (Lipinski definition) is 2. The summed E-state index contributed by atoms with van der Waals surface area (Å²) in [7, 11) is 0. The fourth-order valence-electron chi connectivity index (χ4n) is 3.70. The van der Waals surface area contributed by atoms with Crippen LogP contribution in [0.2, 0.25) is 0 Å². The normalized spacial score (nSPS) is 14.2. The lowest BCUT2D eigenvalue weighted by molar-refractivity contribution is -0.115. The quantitative estimate of drug-likeness (QED) is 0.452. The summed E-state index contributed by atoms with van der Waals surface area (Å²) in [5, 5.41) is 9.48. The zero-order valence-corrected chi connectivity index (χ0v) is 21.5. The molecule has 0 aliphatic carbocycles. The Morgan fingerprint density at radius 1 is 1.05 bits per heavy atom. The van der Waals surface area contributed by atoms with Crippen molar-refractivity contribution in [3.63, 3.8) is 0 Å². The molecule has 0 unspecified atom stereocenters. The number of nitrogens with one attached hydrogen (secondary N) is 2. The van der Waals surface area contributed by atoms with Gasteiger partial charge in [0.15, 0.2) is 5.82 Å². The van der Waals surface area contributed by atoms with Gasteiger partial charge in [0.25, 0.3) is 5.91 Å².